The summed E-state index contributed by atoms with van der Waals surface area (Å²) in [6, 6.07) is 5.52. The van der Waals surface area contributed by atoms with Gasteiger partial charge in [0.1, 0.15) is 17.2 Å². The summed E-state index contributed by atoms with van der Waals surface area (Å²) in [7, 11) is 1.52. The minimum Gasteiger partial charge on any atom is -0.491 e. The normalized spacial score (nSPS) is 15.2. The maximum absolute atomic E-state index is 12.4. The molecule has 1 fully saturated rings. The first kappa shape index (κ1) is 21.0. The van der Waals surface area contributed by atoms with E-state index < -0.39 is 0 Å². The molecule has 0 atom stereocenters. The Bertz CT molecular complexity index is 869. The van der Waals surface area contributed by atoms with Gasteiger partial charge in [-0.1, -0.05) is 0 Å². The topological polar surface area (TPSA) is 105 Å². The summed E-state index contributed by atoms with van der Waals surface area (Å²) < 4.78 is 11.9. The van der Waals surface area contributed by atoms with Crippen molar-refractivity contribution in [3.63, 3.8) is 0 Å². The summed E-state index contributed by atoms with van der Waals surface area (Å²) in [5.41, 5.74) is 6.72. The Labute approximate surface area is 171 Å². The first-order chi connectivity index (χ1) is 14.0. The average molecular weight is 402 g/mol. The number of guanidine groups is 1. The number of nitrogens with one attached hydrogen (secondary N) is 2. The van der Waals surface area contributed by atoms with Crippen molar-refractivity contribution < 1.29 is 14.3 Å². The van der Waals surface area contributed by atoms with E-state index in [9.17, 15) is 4.79 Å². The van der Waals surface area contributed by atoms with Crippen LogP contribution in [0.3, 0.4) is 0 Å². The predicted octanol–water partition coefficient (Wildman–Crippen LogP) is 2.49. The molecule has 0 saturated carbocycles. The van der Waals surface area contributed by atoms with Gasteiger partial charge in [0.05, 0.1) is 18.2 Å². The molecule has 0 unspecified atom stereocenters. The van der Waals surface area contributed by atoms with Gasteiger partial charge < -0.3 is 25.1 Å². The van der Waals surface area contributed by atoms with Crippen LogP contribution >= 0.6 is 0 Å². The standard InChI is InChI=1S/C21H31N5O3/c1-14(2)29-17-7-8-18(28-12-6-11-26-9-4-5-10-26)19-15(17)13-16(24-19)20(27)25-21(22)23-3/h7-8,13-14,24H,4-6,9-12H2,1-3H3,(H3,22,23,25,27). The zero-order chi connectivity index (χ0) is 20.8. The number of benzene rings is 1. The smallest absolute Gasteiger partial charge is 0.274 e. The SMILES string of the molecule is CN=C(N)NC(=O)c1cc2c(OC(C)C)ccc(OCCCN3CCCC3)c2[nH]1. The first-order valence-corrected chi connectivity index (χ1v) is 10.2. The second kappa shape index (κ2) is 9.65. The molecule has 4 N–H and O–H groups in total. The highest BCUT2D eigenvalue weighted by Crippen LogP contribution is 2.34. The summed E-state index contributed by atoms with van der Waals surface area (Å²) in [5, 5.41) is 3.34. The molecule has 1 aliphatic heterocycles. The number of fused-ring (bicyclic) bond motifs is 1. The summed E-state index contributed by atoms with van der Waals surface area (Å²) in [5.74, 6) is 1.10. The largest absolute Gasteiger partial charge is 0.491 e. The quantitative estimate of drug-likeness (QED) is 0.358. The Hall–Kier alpha value is -2.74. The van der Waals surface area contributed by atoms with Crippen LogP contribution in [0.4, 0.5) is 0 Å². The van der Waals surface area contributed by atoms with E-state index in [1.165, 1.54) is 33.0 Å². The van der Waals surface area contributed by atoms with Crippen LogP contribution in [0.15, 0.2) is 23.2 Å². The third-order valence-electron chi connectivity index (χ3n) is 4.88. The van der Waals surface area contributed by atoms with E-state index in [-0.39, 0.29) is 18.0 Å². The molecule has 29 heavy (non-hydrogen) atoms. The lowest BCUT2D eigenvalue weighted by Crippen LogP contribution is -2.36. The van der Waals surface area contributed by atoms with Crippen LogP contribution in [0, 0.1) is 0 Å². The number of aromatic amines is 1. The second-order valence-corrected chi connectivity index (χ2v) is 7.51. The highest BCUT2D eigenvalue weighted by molar-refractivity contribution is 6.07. The minimum absolute atomic E-state index is 0.0143. The van der Waals surface area contributed by atoms with Crippen molar-refractivity contribution in [3.05, 3.63) is 23.9 Å². The maximum atomic E-state index is 12.4. The molecule has 1 amide bonds. The fourth-order valence-electron chi connectivity index (χ4n) is 3.48. The van der Waals surface area contributed by atoms with Gasteiger partial charge in [-0.15, -0.1) is 0 Å². The number of carbonyl (C=O) groups excluding carboxylic acids is 1. The van der Waals surface area contributed by atoms with Crippen molar-refractivity contribution >= 4 is 22.8 Å². The zero-order valence-corrected chi connectivity index (χ0v) is 17.5. The van der Waals surface area contributed by atoms with Gasteiger partial charge in [0.2, 0.25) is 0 Å². The molecule has 2 aromatic rings. The number of likely N-dealkylation sites (tertiary alicyclic amines) is 1. The second-order valence-electron chi connectivity index (χ2n) is 7.51. The molecule has 0 spiro atoms. The molecular formula is C21H31N5O3. The van der Waals surface area contributed by atoms with Gasteiger partial charge in [0.15, 0.2) is 5.96 Å². The lowest BCUT2D eigenvalue weighted by atomic mass is 10.2. The van der Waals surface area contributed by atoms with Crippen LogP contribution < -0.4 is 20.5 Å². The molecule has 3 rings (SSSR count). The summed E-state index contributed by atoms with van der Waals surface area (Å²) in [4.78, 5) is 21.8. The molecule has 0 radical (unpaired) electrons. The molecule has 8 heteroatoms. The Kier molecular flexibility index (Phi) is 6.98. The monoisotopic (exact) mass is 401 g/mol. The van der Waals surface area contributed by atoms with Gasteiger partial charge in [-0.2, -0.15) is 0 Å². The average Bonchev–Trinajstić information content (AvgIpc) is 3.36. The van der Waals surface area contributed by atoms with Crippen LogP contribution in [-0.2, 0) is 0 Å². The van der Waals surface area contributed by atoms with E-state index in [0.29, 0.717) is 23.8 Å². The van der Waals surface area contributed by atoms with E-state index in [0.717, 1.165) is 23.9 Å². The zero-order valence-electron chi connectivity index (χ0n) is 17.5. The fourth-order valence-corrected chi connectivity index (χ4v) is 3.48. The third-order valence-corrected chi connectivity index (χ3v) is 4.88. The van der Waals surface area contributed by atoms with Crippen LogP contribution in [0.2, 0.25) is 0 Å². The molecule has 1 aromatic carbocycles. The highest BCUT2D eigenvalue weighted by atomic mass is 16.5. The Morgan fingerprint density at radius 1 is 1.31 bits per heavy atom. The summed E-state index contributed by atoms with van der Waals surface area (Å²) >= 11 is 0. The molecular weight excluding hydrogens is 370 g/mol. The molecule has 0 aliphatic carbocycles. The third kappa shape index (κ3) is 5.41. The number of aromatic nitrogens is 1. The number of hydrogen-bond donors (Lipinski definition) is 3. The van der Waals surface area contributed by atoms with Crippen molar-refractivity contribution in [2.24, 2.45) is 10.7 Å². The van der Waals surface area contributed by atoms with Crippen LogP contribution in [0.5, 0.6) is 11.5 Å². The van der Waals surface area contributed by atoms with Crippen molar-refractivity contribution in [2.45, 2.75) is 39.2 Å². The van der Waals surface area contributed by atoms with E-state index in [2.05, 4.69) is 20.2 Å². The number of nitrogens with two attached hydrogens (primary N) is 1. The minimum atomic E-state index is -0.361. The first-order valence-electron chi connectivity index (χ1n) is 10.2. The van der Waals surface area contributed by atoms with Crippen molar-refractivity contribution in [1.29, 1.82) is 0 Å². The van der Waals surface area contributed by atoms with Gasteiger partial charge in [-0.05, 0) is 64.4 Å². The van der Waals surface area contributed by atoms with Gasteiger partial charge in [0.25, 0.3) is 5.91 Å². The Morgan fingerprint density at radius 2 is 2.03 bits per heavy atom. The number of hydrogen-bond acceptors (Lipinski definition) is 5. The molecule has 158 valence electrons. The van der Waals surface area contributed by atoms with Crippen LogP contribution in [0.1, 0.15) is 43.6 Å². The number of rotatable bonds is 8. The molecule has 1 saturated heterocycles. The number of ether oxygens (including phenoxy) is 2. The predicted molar refractivity (Wildman–Crippen MR) is 115 cm³/mol. The number of amides is 1. The number of aliphatic imine (C=N–C) groups is 1. The number of H-pyrrole nitrogens is 1. The molecule has 8 nitrogen and oxygen atoms in total. The van der Waals surface area contributed by atoms with E-state index in [1.807, 2.05) is 26.0 Å². The van der Waals surface area contributed by atoms with Gasteiger partial charge in [-0.3, -0.25) is 15.1 Å². The van der Waals surface area contributed by atoms with Crippen molar-refractivity contribution in [2.75, 3.05) is 33.3 Å². The summed E-state index contributed by atoms with van der Waals surface area (Å²) in [6.45, 7) is 7.97. The molecule has 1 aromatic heterocycles. The van der Waals surface area contributed by atoms with E-state index >= 15 is 0 Å². The molecule has 0 bridgehead atoms. The van der Waals surface area contributed by atoms with E-state index in [4.69, 9.17) is 15.2 Å². The molecule has 2 heterocycles. The maximum Gasteiger partial charge on any atom is 0.274 e. The van der Waals surface area contributed by atoms with Crippen LogP contribution in [-0.4, -0.2) is 61.1 Å². The lowest BCUT2D eigenvalue weighted by molar-refractivity contribution is 0.0972. The number of carbonyl (C=O) groups is 1. The van der Waals surface area contributed by atoms with Crippen molar-refractivity contribution in [3.8, 4) is 11.5 Å². The van der Waals surface area contributed by atoms with Gasteiger partial charge in [-0.25, -0.2) is 0 Å². The van der Waals surface area contributed by atoms with E-state index in [1.54, 1.807) is 6.07 Å². The Balaban J connectivity index is 1.78. The highest BCUT2D eigenvalue weighted by Gasteiger charge is 2.17. The van der Waals surface area contributed by atoms with Gasteiger partial charge in [0, 0.05) is 19.0 Å². The fraction of sp³-hybridized carbons (Fsp3) is 0.524. The number of nitrogens with zero attached hydrogens (tertiary/aromatic N) is 2. The van der Waals surface area contributed by atoms with Crippen LogP contribution in [0.25, 0.3) is 10.9 Å². The van der Waals surface area contributed by atoms with Crippen molar-refractivity contribution in [1.82, 2.24) is 15.2 Å². The lowest BCUT2D eigenvalue weighted by Gasteiger charge is -2.15. The van der Waals surface area contributed by atoms with Gasteiger partial charge >= 0.3 is 0 Å². The summed E-state index contributed by atoms with van der Waals surface area (Å²) in [6.07, 6.45) is 3.56. The Morgan fingerprint density at radius 3 is 2.72 bits per heavy atom. The molecule has 1 aliphatic rings.